The van der Waals surface area contributed by atoms with Crippen molar-refractivity contribution < 1.29 is 13.2 Å². The molecule has 1 unspecified atom stereocenters. The van der Waals surface area contributed by atoms with E-state index in [1.807, 2.05) is 18.7 Å². The van der Waals surface area contributed by atoms with E-state index in [0.717, 1.165) is 44.9 Å². The number of likely N-dealkylation sites (tertiary alicyclic amines) is 1. The molecule has 2 rings (SSSR count). The molecule has 0 bridgehead atoms. The Balaban J connectivity index is 0.00000364. The minimum atomic E-state index is -3.08. The first-order chi connectivity index (χ1) is 12.3. The molecule has 0 aromatic carbocycles. The van der Waals surface area contributed by atoms with Gasteiger partial charge in [-0.1, -0.05) is 6.92 Å². The number of sulfonamides is 1. The van der Waals surface area contributed by atoms with Crippen molar-refractivity contribution in [2.45, 2.75) is 45.6 Å². The third-order valence-electron chi connectivity index (χ3n) is 5.08. The minimum absolute atomic E-state index is 0. The minimum Gasteiger partial charge on any atom is -0.357 e. The zero-order chi connectivity index (χ0) is 19.2. The number of nitrogens with zero attached hydrogens (tertiary/aromatic N) is 3. The Kier molecular flexibility index (Phi) is 10.3. The van der Waals surface area contributed by atoms with Crippen molar-refractivity contribution in [3.63, 3.8) is 0 Å². The van der Waals surface area contributed by atoms with Gasteiger partial charge >= 0.3 is 0 Å². The second-order valence-corrected chi connectivity index (χ2v) is 9.13. The third kappa shape index (κ3) is 7.72. The van der Waals surface area contributed by atoms with Gasteiger partial charge in [0.2, 0.25) is 15.9 Å². The SMILES string of the molecule is CCNC(=NCC1CCN(S(C)(=O)=O)CC1)NC1CCN(C(=O)CC)C1.I. The molecule has 0 spiro atoms. The summed E-state index contributed by atoms with van der Waals surface area (Å²) < 4.78 is 24.7. The summed E-state index contributed by atoms with van der Waals surface area (Å²) in [6.07, 6.45) is 4.44. The summed E-state index contributed by atoms with van der Waals surface area (Å²) in [5.41, 5.74) is 0. The maximum absolute atomic E-state index is 11.8. The van der Waals surface area contributed by atoms with Crippen LogP contribution in [-0.2, 0) is 14.8 Å². The number of nitrogens with one attached hydrogen (secondary N) is 2. The largest absolute Gasteiger partial charge is 0.357 e. The highest BCUT2D eigenvalue weighted by Gasteiger charge is 2.27. The summed E-state index contributed by atoms with van der Waals surface area (Å²) in [4.78, 5) is 18.4. The van der Waals surface area contributed by atoms with Crippen LogP contribution in [0.2, 0.25) is 0 Å². The average Bonchev–Trinajstić information content (AvgIpc) is 3.07. The molecule has 0 radical (unpaired) electrons. The smallest absolute Gasteiger partial charge is 0.222 e. The monoisotopic (exact) mass is 515 g/mol. The van der Waals surface area contributed by atoms with Gasteiger partial charge in [-0.3, -0.25) is 9.79 Å². The van der Waals surface area contributed by atoms with Gasteiger partial charge in [0.1, 0.15) is 0 Å². The maximum Gasteiger partial charge on any atom is 0.222 e. The van der Waals surface area contributed by atoms with Gasteiger partial charge < -0.3 is 15.5 Å². The van der Waals surface area contributed by atoms with Gasteiger partial charge in [-0.05, 0) is 32.1 Å². The number of aliphatic imine (C=N–C) groups is 1. The van der Waals surface area contributed by atoms with Crippen molar-refractivity contribution in [1.29, 1.82) is 0 Å². The number of hydrogen-bond donors (Lipinski definition) is 2. The quantitative estimate of drug-likeness (QED) is 0.311. The summed E-state index contributed by atoms with van der Waals surface area (Å²) in [7, 11) is -3.08. The number of hydrogen-bond acceptors (Lipinski definition) is 4. The summed E-state index contributed by atoms with van der Waals surface area (Å²) in [5, 5.41) is 6.71. The summed E-state index contributed by atoms with van der Waals surface area (Å²) >= 11 is 0. The Morgan fingerprint density at radius 1 is 1.15 bits per heavy atom. The predicted octanol–water partition coefficient (Wildman–Crippen LogP) is 0.842. The molecule has 8 nitrogen and oxygen atoms in total. The Morgan fingerprint density at radius 2 is 1.81 bits per heavy atom. The van der Waals surface area contributed by atoms with Gasteiger partial charge in [0.05, 0.1) is 6.26 Å². The molecule has 2 heterocycles. The van der Waals surface area contributed by atoms with E-state index in [1.54, 1.807) is 4.31 Å². The van der Waals surface area contributed by atoms with Crippen LogP contribution in [0.4, 0.5) is 0 Å². The number of piperidine rings is 1. The fourth-order valence-electron chi connectivity index (χ4n) is 3.49. The van der Waals surface area contributed by atoms with Crippen LogP contribution in [0.5, 0.6) is 0 Å². The number of carbonyl (C=O) groups excluding carboxylic acids is 1. The Labute approximate surface area is 180 Å². The van der Waals surface area contributed by atoms with Gasteiger partial charge in [0, 0.05) is 51.7 Å². The second kappa shape index (κ2) is 11.4. The fourth-order valence-corrected chi connectivity index (χ4v) is 4.36. The van der Waals surface area contributed by atoms with Crippen molar-refractivity contribution in [2.75, 3.05) is 45.5 Å². The fraction of sp³-hybridized carbons (Fsp3) is 0.882. The summed E-state index contributed by atoms with van der Waals surface area (Å²) in [5.74, 6) is 1.40. The standard InChI is InChI=1S/C17H33N5O3S.HI/c1-4-16(23)21-9-8-15(13-21)20-17(18-5-2)19-12-14-6-10-22(11-7-14)26(3,24)25;/h14-15H,4-13H2,1-3H3,(H2,18,19,20);1H. The van der Waals surface area contributed by atoms with Crippen LogP contribution in [-0.4, -0.2) is 81.1 Å². The molecule has 0 aromatic rings. The van der Waals surface area contributed by atoms with E-state index in [9.17, 15) is 13.2 Å². The second-order valence-electron chi connectivity index (χ2n) is 7.15. The molecule has 1 atom stereocenters. The van der Waals surface area contributed by atoms with Crippen LogP contribution in [0.25, 0.3) is 0 Å². The number of halogens is 1. The van der Waals surface area contributed by atoms with Crippen LogP contribution < -0.4 is 10.6 Å². The van der Waals surface area contributed by atoms with E-state index in [1.165, 1.54) is 6.26 Å². The molecule has 0 saturated carbocycles. The van der Waals surface area contributed by atoms with Crippen LogP contribution in [0.15, 0.2) is 4.99 Å². The molecule has 0 aliphatic carbocycles. The molecule has 2 fully saturated rings. The first kappa shape index (κ1) is 24.4. The first-order valence-electron chi connectivity index (χ1n) is 9.61. The lowest BCUT2D eigenvalue weighted by Crippen LogP contribution is -2.45. The molecule has 2 aliphatic heterocycles. The van der Waals surface area contributed by atoms with E-state index in [0.29, 0.717) is 32.0 Å². The predicted molar refractivity (Wildman–Crippen MR) is 119 cm³/mol. The highest BCUT2D eigenvalue weighted by molar-refractivity contribution is 14.0. The number of rotatable bonds is 6. The molecule has 27 heavy (non-hydrogen) atoms. The van der Waals surface area contributed by atoms with Gasteiger partial charge in [0.15, 0.2) is 5.96 Å². The van der Waals surface area contributed by atoms with E-state index in [4.69, 9.17) is 4.99 Å². The van der Waals surface area contributed by atoms with Gasteiger partial charge in [0.25, 0.3) is 0 Å². The molecule has 2 aliphatic rings. The van der Waals surface area contributed by atoms with Gasteiger partial charge in [-0.2, -0.15) is 0 Å². The lowest BCUT2D eigenvalue weighted by Gasteiger charge is -2.29. The number of carbonyl (C=O) groups is 1. The molecular weight excluding hydrogens is 481 g/mol. The van der Waals surface area contributed by atoms with Gasteiger partial charge in [-0.25, -0.2) is 12.7 Å². The molecule has 10 heteroatoms. The molecule has 1 amide bonds. The van der Waals surface area contributed by atoms with Crippen molar-refractivity contribution >= 4 is 45.9 Å². The van der Waals surface area contributed by atoms with E-state index < -0.39 is 10.0 Å². The van der Waals surface area contributed by atoms with Gasteiger partial charge in [-0.15, -0.1) is 24.0 Å². The molecule has 158 valence electrons. The summed E-state index contributed by atoms with van der Waals surface area (Å²) in [6.45, 7) is 8.09. The third-order valence-corrected chi connectivity index (χ3v) is 6.38. The highest BCUT2D eigenvalue weighted by atomic mass is 127. The van der Waals surface area contributed by atoms with Crippen LogP contribution >= 0.6 is 24.0 Å². The van der Waals surface area contributed by atoms with Crippen molar-refractivity contribution in [3.05, 3.63) is 0 Å². The maximum atomic E-state index is 11.8. The zero-order valence-electron chi connectivity index (χ0n) is 16.6. The topological polar surface area (TPSA) is 94.1 Å². The molecule has 0 aromatic heterocycles. The molecular formula is C17H34IN5O3S. The summed E-state index contributed by atoms with van der Waals surface area (Å²) in [6, 6.07) is 0.232. The normalized spacial score (nSPS) is 22.4. The van der Waals surface area contributed by atoms with Crippen LogP contribution in [0.3, 0.4) is 0 Å². The van der Waals surface area contributed by atoms with E-state index in [-0.39, 0.29) is 35.9 Å². The molecule has 2 saturated heterocycles. The van der Waals surface area contributed by atoms with Crippen LogP contribution in [0.1, 0.15) is 39.5 Å². The van der Waals surface area contributed by atoms with Crippen molar-refractivity contribution in [2.24, 2.45) is 10.9 Å². The zero-order valence-corrected chi connectivity index (χ0v) is 19.8. The first-order valence-corrected chi connectivity index (χ1v) is 11.5. The lowest BCUT2D eigenvalue weighted by atomic mass is 9.98. The highest BCUT2D eigenvalue weighted by Crippen LogP contribution is 2.19. The Hall–Kier alpha value is -0.620. The number of amides is 1. The van der Waals surface area contributed by atoms with E-state index in [2.05, 4.69) is 10.6 Å². The Morgan fingerprint density at radius 3 is 2.37 bits per heavy atom. The number of guanidine groups is 1. The van der Waals surface area contributed by atoms with Crippen LogP contribution in [0, 0.1) is 5.92 Å². The van der Waals surface area contributed by atoms with E-state index >= 15 is 0 Å². The molecule has 2 N–H and O–H groups in total. The van der Waals surface area contributed by atoms with Crippen molar-refractivity contribution in [1.82, 2.24) is 19.8 Å². The van der Waals surface area contributed by atoms with Crippen molar-refractivity contribution in [3.8, 4) is 0 Å². The lowest BCUT2D eigenvalue weighted by molar-refractivity contribution is -0.129. The Bertz CT molecular complexity index is 606. The average molecular weight is 515 g/mol.